The SMILES string of the molecule is CCNC(=NCC1CCCC(C)C1)NCCCOC1CCOC1.I. The van der Waals surface area contributed by atoms with Crippen LogP contribution in [0.2, 0.25) is 0 Å². The van der Waals surface area contributed by atoms with Crippen molar-refractivity contribution in [2.24, 2.45) is 16.8 Å². The van der Waals surface area contributed by atoms with Crippen molar-refractivity contribution in [3.8, 4) is 0 Å². The second-order valence-electron chi connectivity index (χ2n) is 6.99. The third kappa shape index (κ3) is 8.85. The molecular formula is C18H36IN3O2. The van der Waals surface area contributed by atoms with Crippen molar-refractivity contribution in [2.45, 2.75) is 58.5 Å². The fraction of sp³-hybridized carbons (Fsp3) is 0.944. The molecule has 5 nitrogen and oxygen atoms in total. The van der Waals surface area contributed by atoms with Gasteiger partial charge in [-0.2, -0.15) is 0 Å². The van der Waals surface area contributed by atoms with E-state index in [-0.39, 0.29) is 24.0 Å². The lowest BCUT2D eigenvalue weighted by Gasteiger charge is -2.25. The van der Waals surface area contributed by atoms with E-state index in [1.54, 1.807) is 0 Å². The minimum atomic E-state index is 0. The van der Waals surface area contributed by atoms with Gasteiger partial charge >= 0.3 is 0 Å². The third-order valence-electron chi connectivity index (χ3n) is 4.75. The lowest BCUT2D eigenvalue weighted by molar-refractivity contribution is 0.0420. The number of nitrogens with zero attached hydrogens (tertiary/aromatic N) is 1. The first-order chi connectivity index (χ1) is 11.3. The van der Waals surface area contributed by atoms with Gasteiger partial charge in [0.15, 0.2) is 5.96 Å². The van der Waals surface area contributed by atoms with Crippen LogP contribution in [0.3, 0.4) is 0 Å². The zero-order chi connectivity index (χ0) is 16.3. The molecule has 0 amide bonds. The molecule has 2 rings (SSSR count). The van der Waals surface area contributed by atoms with Crippen LogP contribution < -0.4 is 10.6 Å². The van der Waals surface area contributed by atoms with Gasteiger partial charge in [-0.05, 0) is 44.4 Å². The van der Waals surface area contributed by atoms with Gasteiger partial charge < -0.3 is 20.1 Å². The molecule has 1 saturated heterocycles. The summed E-state index contributed by atoms with van der Waals surface area (Å²) in [5.41, 5.74) is 0. The summed E-state index contributed by atoms with van der Waals surface area (Å²) in [6, 6.07) is 0. The van der Waals surface area contributed by atoms with Crippen LogP contribution in [0.1, 0.15) is 52.4 Å². The molecule has 1 heterocycles. The molecule has 24 heavy (non-hydrogen) atoms. The van der Waals surface area contributed by atoms with E-state index >= 15 is 0 Å². The highest BCUT2D eigenvalue weighted by Crippen LogP contribution is 2.28. The average molecular weight is 453 g/mol. The van der Waals surface area contributed by atoms with Crippen molar-refractivity contribution in [3.63, 3.8) is 0 Å². The summed E-state index contributed by atoms with van der Waals surface area (Å²) in [4.78, 5) is 4.78. The molecule has 3 atom stereocenters. The molecule has 0 aromatic heterocycles. The van der Waals surface area contributed by atoms with Crippen LogP contribution in [-0.4, -0.2) is 51.5 Å². The quantitative estimate of drug-likeness (QED) is 0.257. The van der Waals surface area contributed by atoms with Crippen LogP contribution in [0.5, 0.6) is 0 Å². The van der Waals surface area contributed by atoms with Gasteiger partial charge in [-0.1, -0.05) is 19.8 Å². The summed E-state index contributed by atoms with van der Waals surface area (Å²) in [6.07, 6.45) is 7.78. The summed E-state index contributed by atoms with van der Waals surface area (Å²) >= 11 is 0. The van der Waals surface area contributed by atoms with Gasteiger partial charge in [-0.25, -0.2) is 0 Å². The van der Waals surface area contributed by atoms with Crippen LogP contribution in [0.15, 0.2) is 4.99 Å². The zero-order valence-corrected chi connectivity index (χ0v) is 17.7. The summed E-state index contributed by atoms with van der Waals surface area (Å²) in [5, 5.41) is 6.77. The molecule has 2 N–H and O–H groups in total. The second kappa shape index (κ2) is 13.2. The molecule has 1 aliphatic heterocycles. The predicted octanol–water partition coefficient (Wildman–Crippen LogP) is 3.18. The number of halogens is 1. The van der Waals surface area contributed by atoms with E-state index in [0.717, 1.165) is 70.1 Å². The first-order valence-electron chi connectivity index (χ1n) is 9.49. The smallest absolute Gasteiger partial charge is 0.191 e. The number of guanidine groups is 1. The summed E-state index contributed by atoms with van der Waals surface area (Å²) in [7, 11) is 0. The molecule has 6 heteroatoms. The maximum atomic E-state index is 5.79. The normalized spacial score (nSPS) is 27.6. The van der Waals surface area contributed by atoms with Crippen molar-refractivity contribution in [3.05, 3.63) is 0 Å². The molecule has 2 fully saturated rings. The lowest BCUT2D eigenvalue weighted by Crippen LogP contribution is -2.38. The van der Waals surface area contributed by atoms with Gasteiger partial charge in [0.25, 0.3) is 0 Å². The van der Waals surface area contributed by atoms with E-state index < -0.39 is 0 Å². The standard InChI is InChI=1S/C18H35N3O2.HI/c1-3-19-18(21-13-16-7-4-6-15(2)12-16)20-9-5-10-23-17-8-11-22-14-17;/h15-17H,3-14H2,1-2H3,(H2,19,20,21);1H. The summed E-state index contributed by atoms with van der Waals surface area (Å²) in [5.74, 6) is 2.59. The Morgan fingerprint density at radius 1 is 1.25 bits per heavy atom. The van der Waals surface area contributed by atoms with Gasteiger partial charge in [0, 0.05) is 32.8 Å². The highest BCUT2D eigenvalue weighted by Gasteiger charge is 2.18. The molecule has 0 bridgehead atoms. The molecule has 2 aliphatic rings. The Hall–Kier alpha value is -0.0800. The van der Waals surface area contributed by atoms with E-state index in [0.29, 0.717) is 6.10 Å². The van der Waals surface area contributed by atoms with Crippen molar-refractivity contribution >= 4 is 29.9 Å². The molecule has 0 radical (unpaired) electrons. The van der Waals surface area contributed by atoms with Crippen molar-refractivity contribution < 1.29 is 9.47 Å². The highest BCUT2D eigenvalue weighted by molar-refractivity contribution is 14.0. The molecule has 142 valence electrons. The van der Waals surface area contributed by atoms with Crippen LogP contribution in [0.4, 0.5) is 0 Å². The molecular weight excluding hydrogens is 417 g/mol. The Morgan fingerprint density at radius 3 is 2.83 bits per heavy atom. The third-order valence-corrected chi connectivity index (χ3v) is 4.75. The maximum absolute atomic E-state index is 5.79. The van der Waals surface area contributed by atoms with Gasteiger partial charge in [-0.3, -0.25) is 4.99 Å². The van der Waals surface area contributed by atoms with E-state index in [4.69, 9.17) is 14.5 Å². The number of hydrogen-bond acceptors (Lipinski definition) is 3. The van der Waals surface area contributed by atoms with Crippen molar-refractivity contribution in [1.29, 1.82) is 0 Å². The fourth-order valence-corrected chi connectivity index (χ4v) is 3.46. The van der Waals surface area contributed by atoms with Crippen LogP contribution in [0, 0.1) is 11.8 Å². The topological polar surface area (TPSA) is 54.9 Å². The monoisotopic (exact) mass is 453 g/mol. The number of hydrogen-bond donors (Lipinski definition) is 2. The highest BCUT2D eigenvalue weighted by atomic mass is 127. The molecule has 1 aliphatic carbocycles. The first kappa shape index (κ1) is 22.0. The number of nitrogens with one attached hydrogen (secondary N) is 2. The Morgan fingerprint density at radius 2 is 2.12 bits per heavy atom. The van der Waals surface area contributed by atoms with E-state index in [1.165, 1.54) is 25.7 Å². The Bertz CT molecular complexity index is 349. The first-order valence-corrected chi connectivity index (χ1v) is 9.49. The van der Waals surface area contributed by atoms with E-state index in [9.17, 15) is 0 Å². The summed E-state index contributed by atoms with van der Waals surface area (Å²) in [6.45, 7) is 9.65. The Kier molecular flexibility index (Phi) is 12.0. The molecule has 0 aromatic rings. The van der Waals surface area contributed by atoms with Gasteiger partial charge in [0.05, 0.1) is 12.7 Å². The summed E-state index contributed by atoms with van der Waals surface area (Å²) < 4.78 is 11.1. The molecule has 0 spiro atoms. The van der Waals surface area contributed by atoms with Crippen molar-refractivity contribution in [2.75, 3.05) is 39.5 Å². The van der Waals surface area contributed by atoms with E-state index in [2.05, 4.69) is 24.5 Å². The maximum Gasteiger partial charge on any atom is 0.191 e. The number of ether oxygens (including phenoxy) is 2. The lowest BCUT2D eigenvalue weighted by atomic mass is 9.82. The van der Waals surface area contributed by atoms with Gasteiger partial charge in [-0.15, -0.1) is 24.0 Å². The number of rotatable bonds is 8. The van der Waals surface area contributed by atoms with Crippen LogP contribution in [0.25, 0.3) is 0 Å². The number of aliphatic imine (C=N–C) groups is 1. The molecule has 0 aromatic carbocycles. The largest absolute Gasteiger partial charge is 0.379 e. The predicted molar refractivity (Wildman–Crippen MR) is 110 cm³/mol. The minimum Gasteiger partial charge on any atom is -0.379 e. The average Bonchev–Trinajstić information content (AvgIpc) is 3.05. The van der Waals surface area contributed by atoms with Crippen LogP contribution in [-0.2, 0) is 9.47 Å². The Labute approximate surface area is 164 Å². The minimum absolute atomic E-state index is 0. The van der Waals surface area contributed by atoms with Gasteiger partial charge in [0.2, 0.25) is 0 Å². The van der Waals surface area contributed by atoms with Crippen molar-refractivity contribution in [1.82, 2.24) is 10.6 Å². The fourth-order valence-electron chi connectivity index (χ4n) is 3.46. The second-order valence-corrected chi connectivity index (χ2v) is 6.99. The van der Waals surface area contributed by atoms with Crippen LogP contribution >= 0.6 is 24.0 Å². The van der Waals surface area contributed by atoms with E-state index in [1.807, 2.05) is 0 Å². The molecule has 1 saturated carbocycles. The van der Waals surface area contributed by atoms with Gasteiger partial charge in [0.1, 0.15) is 0 Å². The Balaban J connectivity index is 0.00000288. The molecule has 3 unspecified atom stereocenters. The zero-order valence-electron chi connectivity index (χ0n) is 15.4.